The SMILES string of the molecule is CN1CCC(Nc2cnc3ccc(CNC(=O)c4cccn(Cc5ccc(F)c(F)c5)c4=O)cc3n2)CC1. The van der Waals surface area contributed by atoms with E-state index in [-0.39, 0.29) is 18.7 Å². The lowest BCUT2D eigenvalue weighted by Crippen LogP contribution is -2.36. The van der Waals surface area contributed by atoms with Crippen LogP contribution in [0.2, 0.25) is 0 Å². The van der Waals surface area contributed by atoms with Crippen molar-refractivity contribution in [3.63, 3.8) is 0 Å². The first kappa shape index (κ1) is 25.5. The molecule has 0 unspecified atom stereocenters. The molecule has 1 fully saturated rings. The molecule has 1 saturated heterocycles. The van der Waals surface area contributed by atoms with Crippen LogP contribution >= 0.6 is 0 Å². The molecule has 2 N–H and O–H groups in total. The number of carbonyl (C=O) groups is 1. The monoisotopic (exact) mass is 518 g/mol. The van der Waals surface area contributed by atoms with E-state index in [4.69, 9.17) is 4.98 Å². The third-order valence-corrected chi connectivity index (χ3v) is 6.73. The molecule has 1 amide bonds. The maximum Gasteiger partial charge on any atom is 0.263 e. The van der Waals surface area contributed by atoms with Crippen molar-refractivity contribution in [2.75, 3.05) is 25.5 Å². The van der Waals surface area contributed by atoms with Gasteiger partial charge in [-0.25, -0.2) is 13.8 Å². The molecule has 1 aliphatic rings. The molecule has 0 aliphatic carbocycles. The molecule has 5 rings (SSSR count). The van der Waals surface area contributed by atoms with E-state index in [2.05, 4.69) is 27.6 Å². The highest BCUT2D eigenvalue weighted by molar-refractivity contribution is 5.93. The van der Waals surface area contributed by atoms with Gasteiger partial charge in [-0.3, -0.25) is 14.6 Å². The average Bonchev–Trinajstić information content (AvgIpc) is 2.91. The standard InChI is InChI=1S/C28H28F2N6O2/c1-35-11-8-20(9-12-35)33-26-16-31-24-7-5-18(14-25(24)34-26)15-32-27(37)21-3-2-10-36(28(21)38)17-19-4-6-22(29)23(30)13-19/h2-7,10,13-14,16,20H,8-9,11-12,15,17H2,1H3,(H,32,37)(H,33,34). The van der Waals surface area contributed by atoms with Crippen LogP contribution in [0.1, 0.15) is 34.3 Å². The smallest absolute Gasteiger partial charge is 0.263 e. The van der Waals surface area contributed by atoms with E-state index in [1.807, 2.05) is 18.2 Å². The molecule has 0 bridgehead atoms. The zero-order chi connectivity index (χ0) is 26.6. The van der Waals surface area contributed by atoms with Gasteiger partial charge in [0.15, 0.2) is 11.6 Å². The number of hydrogen-bond acceptors (Lipinski definition) is 6. The van der Waals surface area contributed by atoms with E-state index < -0.39 is 23.1 Å². The minimum atomic E-state index is -0.991. The van der Waals surface area contributed by atoms with Gasteiger partial charge in [-0.05, 0) is 80.5 Å². The normalized spacial score (nSPS) is 14.5. The fraction of sp³-hybridized carbons (Fsp3) is 0.286. The van der Waals surface area contributed by atoms with Crippen molar-refractivity contribution < 1.29 is 13.6 Å². The third kappa shape index (κ3) is 5.86. The van der Waals surface area contributed by atoms with E-state index in [9.17, 15) is 18.4 Å². The van der Waals surface area contributed by atoms with Crippen LogP contribution in [-0.4, -0.2) is 51.5 Å². The van der Waals surface area contributed by atoms with Crippen molar-refractivity contribution in [3.8, 4) is 0 Å². The Morgan fingerprint density at radius 3 is 2.61 bits per heavy atom. The quantitative estimate of drug-likeness (QED) is 0.389. The number of hydrogen-bond donors (Lipinski definition) is 2. The molecule has 1 aliphatic heterocycles. The van der Waals surface area contributed by atoms with Gasteiger partial charge in [0, 0.05) is 18.8 Å². The van der Waals surface area contributed by atoms with Crippen molar-refractivity contribution in [3.05, 3.63) is 99.6 Å². The number of aromatic nitrogens is 3. The van der Waals surface area contributed by atoms with Crippen LogP contribution in [0.15, 0.2) is 65.7 Å². The van der Waals surface area contributed by atoms with Gasteiger partial charge in [-0.1, -0.05) is 12.1 Å². The maximum atomic E-state index is 13.5. The highest BCUT2D eigenvalue weighted by Crippen LogP contribution is 2.18. The summed E-state index contributed by atoms with van der Waals surface area (Å²) >= 11 is 0. The van der Waals surface area contributed by atoms with Crippen molar-refractivity contribution in [2.24, 2.45) is 0 Å². The van der Waals surface area contributed by atoms with Crippen LogP contribution in [0.25, 0.3) is 11.0 Å². The number of rotatable bonds is 7. The van der Waals surface area contributed by atoms with E-state index >= 15 is 0 Å². The number of nitrogens with one attached hydrogen (secondary N) is 2. The minimum Gasteiger partial charge on any atom is -0.366 e. The van der Waals surface area contributed by atoms with Crippen LogP contribution in [0.3, 0.4) is 0 Å². The van der Waals surface area contributed by atoms with Crippen molar-refractivity contribution in [1.82, 2.24) is 24.8 Å². The van der Waals surface area contributed by atoms with E-state index in [0.717, 1.165) is 55.0 Å². The van der Waals surface area contributed by atoms with Crippen molar-refractivity contribution in [1.29, 1.82) is 0 Å². The number of pyridine rings is 1. The second kappa shape index (κ2) is 11.1. The molecule has 0 atom stereocenters. The lowest BCUT2D eigenvalue weighted by molar-refractivity contribution is 0.0949. The highest BCUT2D eigenvalue weighted by atomic mass is 19.2. The molecule has 38 heavy (non-hydrogen) atoms. The number of benzene rings is 2. The first-order valence-corrected chi connectivity index (χ1v) is 12.5. The first-order chi connectivity index (χ1) is 18.4. The Kier molecular flexibility index (Phi) is 7.41. The van der Waals surface area contributed by atoms with E-state index in [0.29, 0.717) is 17.1 Å². The lowest BCUT2D eigenvalue weighted by Gasteiger charge is -2.29. The topological polar surface area (TPSA) is 92.1 Å². The number of amides is 1. The summed E-state index contributed by atoms with van der Waals surface area (Å²) in [6, 6.07) is 12.4. The van der Waals surface area contributed by atoms with Gasteiger partial charge in [-0.15, -0.1) is 0 Å². The maximum absolute atomic E-state index is 13.5. The molecule has 2 aromatic carbocycles. The fourth-order valence-electron chi connectivity index (χ4n) is 4.55. The molecule has 3 heterocycles. The summed E-state index contributed by atoms with van der Waals surface area (Å²) in [6.45, 7) is 2.29. The summed E-state index contributed by atoms with van der Waals surface area (Å²) in [5, 5.41) is 6.26. The second-order valence-corrected chi connectivity index (χ2v) is 9.59. The molecule has 2 aromatic heterocycles. The minimum absolute atomic E-state index is 0.00836. The van der Waals surface area contributed by atoms with Crippen LogP contribution < -0.4 is 16.2 Å². The summed E-state index contributed by atoms with van der Waals surface area (Å²) < 4.78 is 28.0. The van der Waals surface area contributed by atoms with Gasteiger partial charge in [0.1, 0.15) is 11.4 Å². The summed E-state index contributed by atoms with van der Waals surface area (Å²) in [5.74, 6) is -1.76. The Hall–Kier alpha value is -4.18. The van der Waals surface area contributed by atoms with Crippen LogP contribution in [0, 0.1) is 11.6 Å². The number of piperidine rings is 1. The second-order valence-electron chi connectivity index (χ2n) is 9.59. The molecular formula is C28H28F2N6O2. The van der Waals surface area contributed by atoms with Crippen LogP contribution in [0.4, 0.5) is 14.6 Å². The Morgan fingerprint density at radius 2 is 1.82 bits per heavy atom. The van der Waals surface area contributed by atoms with Gasteiger partial charge in [-0.2, -0.15) is 0 Å². The zero-order valence-electron chi connectivity index (χ0n) is 21.0. The summed E-state index contributed by atoms with van der Waals surface area (Å²) in [4.78, 5) is 37.2. The number of fused-ring (bicyclic) bond motifs is 1. The number of carbonyl (C=O) groups excluding carboxylic acids is 1. The average molecular weight is 519 g/mol. The molecule has 0 radical (unpaired) electrons. The first-order valence-electron chi connectivity index (χ1n) is 12.5. The lowest BCUT2D eigenvalue weighted by atomic mass is 10.1. The molecular weight excluding hydrogens is 490 g/mol. The predicted molar refractivity (Wildman–Crippen MR) is 141 cm³/mol. The molecule has 8 nitrogen and oxygen atoms in total. The van der Waals surface area contributed by atoms with Crippen LogP contribution in [0.5, 0.6) is 0 Å². The van der Waals surface area contributed by atoms with Crippen molar-refractivity contribution in [2.45, 2.75) is 32.0 Å². The van der Waals surface area contributed by atoms with E-state index in [1.54, 1.807) is 12.3 Å². The van der Waals surface area contributed by atoms with Gasteiger partial charge in [0.05, 0.1) is 23.8 Å². The summed E-state index contributed by atoms with van der Waals surface area (Å²) in [6.07, 6.45) is 5.33. The van der Waals surface area contributed by atoms with Gasteiger partial charge in [0.25, 0.3) is 11.5 Å². The Balaban J connectivity index is 1.25. The number of halogens is 2. The number of anilines is 1. The molecule has 196 valence electrons. The summed E-state index contributed by atoms with van der Waals surface area (Å²) in [5.41, 5.74) is 2.12. The van der Waals surface area contributed by atoms with Crippen molar-refractivity contribution >= 4 is 22.8 Å². The van der Waals surface area contributed by atoms with Gasteiger partial charge in [0.2, 0.25) is 0 Å². The zero-order valence-corrected chi connectivity index (χ0v) is 21.0. The molecule has 0 saturated carbocycles. The largest absolute Gasteiger partial charge is 0.366 e. The highest BCUT2D eigenvalue weighted by Gasteiger charge is 2.17. The predicted octanol–water partition coefficient (Wildman–Crippen LogP) is 3.55. The third-order valence-electron chi connectivity index (χ3n) is 6.73. The number of nitrogens with zero attached hydrogens (tertiary/aromatic N) is 4. The van der Waals surface area contributed by atoms with E-state index in [1.165, 1.54) is 22.9 Å². The molecule has 4 aromatic rings. The van der Waals surface area contributed by atoms with Gasteiger partial charge >= 0.3 is 0 Å². The van der Waals surface area contributed by atoms with Gasteiger partial charge < -0.3 is 20.1 Å². The Morgan fingerprint density at radius 1 is 1.03 bits per heavy atom. The molecule has 10 heteroatoms. The Labute approximate surface area is 218 Å². The molecule has 0 spiro atoms. The van der Waals surface area contributed by atoms with Crippen LogP contribution in [-0.2, 0) is 13.1 Å². The Bertz CT molecular complexity index is 1530. The summed E-state index contributed by atoms with van der Waals surface area (Å²) in [7, 11) is 2.12. The fourth-order valence-corrected chi connectivity index (χ4v) is 4.55. The number of likely N-dealkylation sites (tertiary alicyclic amines) is 1.